The smallest absolute Gasteiger partial charge is 0.274 e. The van der Waals surface area contributed by atoms with E-state index in [-0.39, 0.29) is 16.7 Å². The molecule has 98 valence electrons. The topological polar surface area (TPSA) is 68.1 Å². The molecule has 1 unspecified atom stereocenters. The molecule has 0 aliphatic rings. The third-order valence-corrected chi connectivity index (χ3v) is 3.06. The van der Waals surface area contributed by atoms with Crippen LogP contribution in [0, 0.1) is 17.0 Å². The molecular formula is C14H15N3O2. The number of hydrogen-bond acceptors (Lipinski definition) is 4. The van der Waals surface area contributed by atoms with Gasteiger partial charge in [0.1, 0.15) is 0 Å². The van der Waals surface area contributed by atoms with E-state index in [1.807, 2.05) is 25.1 Å². The Balaban J connectivity index is 2.25. The van der Waals surface area contributed by atoms with Crippen LogP contribution in [0.3, 0.4) is 0 Å². The van der Waals surface area contributed by atoms with Gasteiger partial charge in [0.25, 0.3) is 5.69 Å². The Morgan fingerprint density at radius 2 is 2.11 bits per heavy atom. The Morgan fingerprint density at radius 3 is 2.74 bits per heavy atom. The first-order valence-electron chi connectivity index (χ1n) is 6.00. The summed E-state index contributed by atoms with van der Waals surface area (Å²) in [5.41, 5.74) is 2.57. The van der Waals surface area contributed by atoms with Gasteiger partial charge in [-0.15, -0.1) is 0 Å². The van der Waals surface area contributed by atoms with Crippen molar-refractivity contribution in [1.82, 2.24) is 4.98 Å². The molecule has 0 fully saturated rings. The number of anilines is 1. The molecule has 5 nitrogen and oxygen atoms in total. The monoisotopic (exact) mass is 257 g/mol. The summed E-state index contributed by atoms with van der Waals surface area (Å²) in [7, 11) is 0. The lowest BCUT2D eigenvalue weighted by atomic mass is 10.1. The van der Waals surface area contributed by atoms with Crippen molar-refractivity contribution in [1.29, 1.82) is 0 Å². The normalized spacial score (nSPS) is 11.9. The lowest BCUT2D eigenvalue weighted by molar-refractivity contribution is -0.385. The van der Waals surface area contributed by atoms with E-state index in [0.717, 1.165) is 11.3 Å². The van der Waals surface area contributed by atoms with E-state index in [2.05, 4.69) is 10.3 Å². The van der Waals surface area contributed by atoms with Gasteiger partial charge in [-0.1, -0.05) is 12.1 Å². The zero-order valence-corrected chi connectivity index (χ0v) is 10.8. The molecule has 0 aliphatic heterocycles. The van der Waals surface area contributed by atoms with Crippen molar-refractivity contribution in [2.45, 2.75) is 19.9 Å². The number of rotatable bonds is 4. The van der Waals surface area contributed by atoms with Crippen molar-refractivity contribution in [2.24, 2.45) is 0 Å². The van der Waals surface area contributed by atoms with Crippen LogP contribution in [0.25, 0.3) is 0 Å². The largest absolute Gasteiger partial charge is 0.378 e. The minimum Gasteiger partial charge on any atom is -0.378 e. The van der Waals surface area contributed by atoms with Gasteiger partial charge in [-0.3, -0.25) is 15.1 Å². The summed E-state index contributed by atoms with van der Waals surface area (Å²) in [5, 5.41) is 14.2. The fraction of sp³-hybridized carbons (Fsp3) is 0.214. The van der Waals surface area contributed by atoms with Crippen LogP contribution >= 0.6 is 0 Å². The van der Waals surface area contributed by atoms with Gasteiger partial charge in [-0.05, 0) is 31.5 Å². The minimum absolute atomic E-state index is 0.0365. The second kappa shape index (κ2) is 5.48. The third-order valence-electron chi connectivity index (χ3n) is 3.06. The summed E-state index contributed by atoms with van der Waals surface area (Å²) in [6, 6.07) is 8.91. The van der Waals surface area contributed by atoms with Gasteiger partial charge >= 0.3 is 0 Å². The predicted octanol–water partition coefficient (Wildman–Crippen LogP) is 3.47. The van der Waals surface area contributed by atoms with Gasteiger partial charge in [0, 0.05) is 29.7 Å². The summed E-state index contributed by atoms with van der Waals surface area (Å²) >= 11 is 0. The zero-order valence-electron chi connectivity index (χ0n) is 10.8. The van der Waals surface area contributed by atoms with Gasteiger partial charge in [0.2, 0.25) is 0 Å². The molecule has 0 radical (unpaired) electrons. The van der Waals surface area contributed by atoms with Gasteiger partial charge < -0.3 is 5.32 Å². The standard InChI is InChI=1S/C14H15N3O2/c1-10-13(6-3-7-14(10)17(18)19)16-11(2)12-5-4-8-15-9-12/h3-9,11,16H,1-2H3. The average molecular weight is 257 g/mol. The van der Waals surface area contributed by atoms with Crippen LogP contribution in [0.5, 0.6) is 0 Å². The fourth-order valence-electron chi connectivity index (χ4n) is 1.93. The van der Waals surface area contributed by atoms with Crippen molar-refractivity contribution in [3.8, 4) is 0 Å². The maximum atomic E-state index is 10.9. The molecule has 19 heavy (non-hydrogen) atoms. The second-order valence-corrected chi connectivity index (χ2v) is 4.36. The number of aromatic nitrogens is 1. The lowest BCUT2D eigenvalue weighted by Crippen LogP contribution is -2.08. The number of hydrogen-bond donors (Lipinski definition) is 1. The summed E-state index contributed by atoms with van der Waals surface area (Å²) in [5.74, 6) is 0. The quantitative estimate of drug-likeness (QED) is 0.672. The molecule has 0 spiro atoms. The SMILES string of the molecule is Cc1c(NC(C)c2cccnc2)cccc1[N+](=O)[O-]. The van der Waals surface area contributed by atoms with E-state index in [1.165, 1.54) is 6.07 Å². The Morgan fingerprint density at radius 1 is 1.32 bits per heavy atom. The van der Waals surface area contributed by atoms with E-state index in [0.29, 0.717) is 5.56 Å². The molecule has 1 atom stereocenters. The molecule has 0 amide bonds. The molecule has 0 saturated heterocycles. The van der Waals surface area contributed by atoms with Crippen molar-refractivity contribution in [3.63, 3.8) is 0 Å². The van der Waals surface area contributed by atoms with Crippen LogP contribution in [0.2, 0.25) is 0 Å². The van der Waals surface area contributed by atoms with Crippen LogP contribution in [0.1, 0.15) is 24.1 Å². The molecule has 0 saturated carbocycles. The zero-order chi connectivity index (χ0) is 13.8. The molecule has 2 rings (SSSR count). The maximum Gasteiger partial charge on any atom is 0.274 e. The van der Waals surface area contributed by atoms with Crippen LogP contribution in [-0.2, 0) is 0 Å². The molecule has 1 heterocycles. The second-order valence-electron chi connectivity index (χ2n) is 4.36. The van der Waals surface area contributed by atoms with Crippen molar-refractivity contribution >= 4 is 11.4 Å². The van der Waals surface area contributed by atoms with E-state index in [1.54, 1.807) is 25.4 Å². The van der Waals surface area contributed by atoms with Gasteiger partial charge in [-0.2, -0.15) is 0 Å². The minimum atomic E-state index is -0.366. The van der Waals surface area contributed by atoms with Crippen LogP contribution in [-0.4, -0.2) is 9.91 Å². The van der Waals surface area contributed by atoms with Crippen LogP contribution < -0.4 is 5.32 Å². The number of nitrogens with zero attached hydrogens (tertiary/aromatic N) is 2. The Labute approximate surface area is 111 Å². The molecule has 1 aromatic carbocycles. The number of nitro groups is 1. The first-order valence-corrected chi connectivity index (χ1v) is 6.00. The molecule has 5 heteroatoms. The van der Waals surface area contributed by atoms with Crippen molar-refractivity contribution in [3.05, 3.63) is 64.0 Å². The fourth-order valence-corrected chi connectivity index (χ4v) is 1.93. The van der Waals surface area contributed by atoms with Crippen molar-refractivity contribution < 1.29 is 4.92 Å². The van der Waals surface area contributed by atoms with E-state index in [4.69, 9.17) is 0 Å². The molecule has 0 aliphatic carbocycles. The van der Waals surface area contributed by atoms with Crippen molar-refractivity contribution in [2.75, 3.05) is 5.32 Å². The first kappa shape index (κ1) is 13.0. The highest BCUT2D eigenvalue weighted by Gasteiger charge is 2.14. The summed E-state index contributed by atoms with van der Waals surface area (Å²) in [6.45, 7) is 3.74. The van der Waals surface area contributed by atoms with E-state index in [9.17, 15) is 10.1 Å². The number of nitrogens with one attached hydrogen (secondary N) is 1. The number of pyridine rings is 1. The highest BCUT2D eigenvalue weighted by Crippen LogP contribution is 2.28. The summed E-state index contributed by atoms with van der Waals surface area (Å²) in [4.78, 5) is 14.6. The maximum absolute atomic E-state index is 10.9. The van der Waals surface area contributed by atoms with Crippen LogP contribution in [0.4, 0.5) is 11.4 Å². The lowest BCUT2D eigenvalue weighted by Gasteiger charge is -2.16. The Bertz CT molecular complexity index is 584. The molecule has 1 N–H and O–H groups in total. The molecule has 1 aromatic heterocycles. The number of nitro benzene ring substituents is 1. The van der Waals surface area contributed by atoms with Gasteiger partial charge in [-0.25, -0.2) is 0 Å². The van der Waals surface area contributed by atoms with E-state index < -0.39 is 0 Å². The average Bonchev–Trinajstić information content (AvgIpc) is 2.41. The molecular weight excluding hydrogens is 242 g/mol. The Kier molecular flexibility index (Phi) is 3.75. The summed E-state index contributed by atoms with van der Waals surface area (Å²) in [6.07, 6.45) is 3.50. The third kappa shape index (κ3) is 2.88. The Hall–Kier alpha value is -2.43. The van der Waals surface area contributed by atoms with Gasteiger partial charge in [0.15, 0.2) is 0 Å². The predicted molar refractivity (Wildman–Crippen MR) is 74.1 cm³/mol. The highest BCUT2D eigenvalue weighted by molar-refractivity contribution is 5.60. The molecule has 2 aromatic rings. The summed E-state index contributed by atoms with van der Waals surface area (Å²) < 4.78 is 0. The highest BCUT2D eigenvalue weighted by atomic mass is 16.6. The molecule has 0 bridgehead atoms. The number of benzene rings is 1. The van der Waals surface area contributed by atoms with Crippen LogP contribution in [0.15, 0.2) is 42.7 Å². The van der Waals surface area contributed by atoms with Gasteiger partial charge in [0.05, 0.1) is 11.0 Å². The van der Waals surface area contributed by atoms with E-state index >= 15 is 0 Å². The first-order chi connectivity index (χ1) is 9.09.